The lowest BCUT2D eigenvalue weighted by atomic mass is 9.65. The smallest absolute Gasteiger partial charge is 0.252 e. The second kappa shape index (κ2) is 12.3. The molecule has 30 heavy (non-hydrogen) atoms. The fourth-order valence-corrected chi connectivity index (χ4v) is 3.50. The fourth-order valence-electron chi connectivity index (χ4n) is 3.50. The highest BCUT2D eigenvalue weighted by Gasteiger charge is 2.71. The van der Waals surface area contributed by atoms with Gasteiger partial charge in [0.25, 0.3) is 5.91 Å². The van der Waals surface area contributed by atoms with Crippen LogP contribution in [-0.2, 0) is 9.53 Å². The van der Waals surface area contributed by atoms with Crippen molar-refractivity contribution in [1.82, 2.24) is 5.32 Å². The van der Waals surface area contributed by atoms with Crippen LogP contribution in [0.3, 0.4) is 0 Å². The molecule has 1 rings (SSSR count). The molecule has 1 aliphatic rings. The number of unbranched alkanes of at least 4 members (excludes halogenated alkanes) is 7. The molecule has 0 saturated carbocycles. The Morgan fingerprint density at radius 3 is 1.63 bits per heavy atom. The second-order valence-corrected chi connectivity index (χ2v) is 9.19. The van der Waals surface area contributed by atoms with Gasteiger partial charge in [-0.25, -0.2) is 0 Å². The highest BCUT2D eigenvalue weighted by Crippen LogP contribution is 2.47. The van der Waals surface area contributed by atoms with Gasteiger partial charge in [-0.3, -0.25) is 4.79 Å². The van der Waals surface area contributed by atoms with Gasteiger partial charge in [0, 0.05) is 6.54 Å². The van der Waals surface area contributed by atoms with Crippen molar-refractivity contribution >= 4 is 5.91 Å². The third-order valence-corrected chi connectivity index (χ3v) is 6.47. The predicted molar refractivity (Wildman–Crippen MR) is 119 cm³/mol. The van der Waals surface area contributed by atoms with Crippen molar-refractivity contribution in [2.24, 2.45) is 0 Å². The van der Waals surface area contributed by atoms with E-state index in [9.17, 15) is 25.2 Å². The molecule has 0 aliphatic carbocycles. The SMILES string of the molecule is CCCCCCC.CCCCCCNC(=O)C1O[C@@](C)(O)C(C)(O)[C@](C)(O)[C@]1(C)O. The van der Waals surface area contributed by atoms with Gasteiger partial charge < -0.3 is 30.5 Å². The van der Waals surface area contributed by atoms with E-state index < -0.39 is 34.6 Å². The molecule has 1 heterocycles. The number of rotatable bonds is 10. The minimum atomic E-state index is -2.21. The van der Waals surface area contributed by atoms with Gasteiger partial charge in [-0.05, 0) is 34.1 Å². The normalized spacial score (nSPS) is 36.0. The van der Waals surface area contributed by atoms with Crippen molar-refractivity contribution in [3.05, 3.63) is 0 Å². The zero-order valence-electron chi connectivity index (χ0n) is 20.3. The van der Waals surface area contributed by atoms with Crippen LogP contribution in [0.15, 0.2) is 0 Å². The number of aliphatic hydroxyl groups is 4. The van der Waals surface area contributed by atoms with Crippen LogP contribution in [0.25, 0.3) is 0 Å². The number of hydrogen-bond donors (Lipinski definition) is 5. The first-order chi connectivity index (χ1) is 13.7. The zero-order valence-corrected chi connectivity index (χ0v) is 20.3. The molecule has 5 N–H and O–H groups in total. The lowest BCUT2D eigenvalue weighted by Crippen LogP contribution is -2.82. The van der Waals surface area contributed by atoms with Crippen molar-refractivity contribution in [1.29, 1.82) is 0 Å². The molecule has 0 spiro atoms. The largest absolute Gasteiger partial charge is 0.384 e. The number of nitrogens with one attached hydrogen (secondary N) is 1. The molecular weight excluding hydrogens is 386 g/mol. The summed E-state index contributed by atoms with van der Waals surface area (Å²) in [5.41, 5.74) is -6.44. The van der Waals surface area contributed by atoms with Crippen LogP contribution >= 0.6 is 0 Å². The van der Waals surface area contributed by atoms with Gasteiger partial charge >= 0.3 is 0 Å². The highest BCUT2D eigenvalue weighted by molar-refractivity contribution is 5.82. The maximum absolute atomic E-state index is 12.3. The molecule has 1 amide bonds. The summed E-state index contributed by atoms with van der Waals surface area (Å²) in [5.74, 6) is -2.84. The van der Waals surface area contributed by atoms with Crippen LogP contribution in [0.4, 0.5) is 0 Å². The van der Waals surface area contributed by atoms with E-state index in [-0.39, 0.29) is 0 Å². The maximum Gasteiger partial charge on any atom is 0.252 e. The Bertz CT molecular complexity index is 498. The third kappa shape index (κ3) is 6.89. The molecule has 0 aromatic rings. The van der Waals surface area contributed by atoms with Gasteiger partial charge in [0.2, 0.25) is 0 Å². The van der Waals surface area contributed by atoms with E-state index in [4.69, 9.17) is 4.74 Å². The molecule has 0 aromatic carbocycles. The Morgan fingerprint density at radius 1 is 0.767 bits per heavy atom. The number of carbonyl (C=O) groups is 1. The summed E-state index contributed by atoms with van der Waals surface area (Å²) in [6, 6.07) is 0. The van der Waals surface area contributed by atoms with Gasteiger partial charge in [0.1, 0.15) is 16.8 Å². The molecule has 7 heteroatoms. The number of ether oxygens (including phenoxy) is 1. The molecule has 7 nitrogen and oxygen atoms in total. The van der Waals surface area contributed by atoms with Crippen LogP contribution in [-0.4, -0.2) is 61.6 Å². The fraction of sp³-hybridized carbons (Fsp3) is 0.957. The molecule has 2 unspecified atom stereocenters. The van der Waals surface area contributed by atoms with E-state index >= 15 is 0 Å². The molecule has 1 saturated heterocycles. The molecular formula is C23H47NO6. The Labute approximate surface area is 183 Å². The van der Waals surface area contributed by atoms with Gasteiger partial charge in [0.05, 0.1) is 0 Å². The van der Waals surface area contributed by atoms with Crippen LogP contribution in [0, 0.1) is 0 Å². The van der Waals surface area contributed by atoms with Gasteiger partial charge in [-0.15, -0.1) is 0 Å². The molecule has 180 valence electrons. The first-order valence-electron chi connectivity index (χ1n) is 11.6. The van der Waals surface area contributed by atoms with E-state index in [1.54, 1.807) is 0 Å². The lowest BCUT2D eigenvalue weighted by molar-refractivity contribution is -0.414. The topological polar surface area (TPSA) is 119 Å². The summed E-state index contributed by atoms with van der Waals surface area (Å²) in [6.07, 6.45) is 9.41. The minimum Gasteiger partial charge on any atom is -0.384 e. The first-order valence-corrected chi connectivity index (χ1v) is 11.6. The Hall–Kier alpha value is -0.730. The van der Waals surface area contributed by atoms with Crippen molar-refractivity contribution in [3.63, 3.8) is 0 Å². The van der Waals surface area contributed by atoms with Gasteiger partial charge in [-0.2, -0.15) is 0 Å². The Morgan fingerprint density at radius 2 is 1.20 bits per heavy atom. The zero-order chi connectivity index (χ0) is 23.6. The number of amides is 1. The first kappa shape index (κ1) is 29.3. The molecule has 1 aliphatic heterocycles. The summed E-state index contributed by atoms with van der Waals surface area (Å²) in [4.78, 5) is 12.3. The van der Waals surface area contributed by atoms with E-state index in [1.807, 2.05) is 0 Å². The minimum absolute atomic E-state index is 0.412. The quantitative estimate of drug-likeness (QED) is 0.338. The van der Waals surface area contributed by atoms with Crippen molar-refractivity contribution in [3.8, 4) is 0 Å². The highest BCUT2D eigenvalue weighted by atomic mass is 16.7. The third-order valence-electron chi connectivity index (χ3n) is 6.47. The number of carbonyl (C=O) groups excluding carboxylic acids is 1. The predicted octanol–water partition coefficient (Wildman–Crippen LogP) is 3.02. The lowest BCUT2D eigenvalue weighted by Gasteiger charge is -2.59. The number of hydrogen-bond acceptors (Lipinski definition) is 6. The Balaban J connectivity index is 0.00000103. The molecule has 0 aromatic heterocycles. The molecule has 0 radical (unpaired) electrons. The molecule has 5 atom stereocenters. The van der Waals surface area contributed by atoms with Crippen molar-refractivity contribution < 1.29 is 30.0 Å². The van der Waals surface area contributed by atoms with Crippen LogP contribution in [0.2, 0.25) is 0 Å². The summed E-state index contributed by atoms with van der Waals surface area (Å²) >= 11 is 0. The molecule has 1 fully saturated rings. The van der Waals surface area contributed by atoms with E-state index in [2.05, 4.69) is 26.1 Å². The Kier molecular flexibility index (Phi) is 12.0. The average molecular weight is 434 g/mol. The van der Waals surface area contributed by atoms with Crippen molar-refractivity contribution in [2.45, 2.75) is 135 Å². The van der Waals surface area contributed by atoms with Crippen molar-refractivity contribution in [2.75, 3.05) is 6.54 Å². The monoisotopic (exact) mass is 433 g/mol. The molecule has 0 bridgehead atoms. The summed E-state index contributed by atoms with van der Waals surface area (Å²) in [5, 5.41) is 44.6. The van der Waals surface area contributed by atoms with E-state index in [0.717, 1.165) is 39.5 Å². The van der Waals surface area contributed by atoms with Gasteiger partial charge in [-0.1, -0.05) is 72.1 Å². The average Bonchev–Trinajstić information content (AvgIpc) is 2.65. The maximum atomic E-state index is 12.3. The van der Waals surface area contributed by atoms with Crippen LogP contribution < -0.4 is 5.32 Å². The van der Waals surface area contributed by atoms with Crippen LogP contribution in [0.5, 0.6) is 0 Å². The van der Waals surface area contributed by atoms with Gasteiger partial charge in [0.15, 0.2) is 11.9 Å². The summed E-state index contributed by atoms with van der Waals surface area (Å²) in [7, 11) is 0. The second-order valence-electron chi connectivity index (χ2n) is 9.19. The summed E-state index contributed by atoms with van der Waals surface area (Å²) < 4.78 is 5.26. The van der Waals surface area contributed by atoms with E-state index in [0.29, 0.717) is 6.54 Å². The van der Waals surface area contributed by atoms with E-state index in [1.165, 1.54) is 46.0 Å². The summed E-state index contributed by atoms with van der Waals surface area (Å²) in [6.45, 7) is 11.7. The van der Waals surface area contributed by atoms with Crippen LogP contribution in [0.1, 0.15) is 106 Å². The standard InChI is InChI=1S/C16H31NO6.C7H16/c1-6-7-8-9-10-17-12(18)11-13(2,19)14(3,20)15(4,21)16(5,22)23-11;1-3-5-7-6-4-2/h11,19-22H,6-10H2,1-5H3,(H,17,18);3-7H2,1-2H3/t11?,13-,14-,15?,16-;/m1./s1.